The molecule has 1 heterocycles. The average molecular weight is 260 g/mol. The van der Waals surface area contributed by atoms with Gasteiger partial charge < -0.3 is 15.8 Å². The topological polar surface area (TPSA) is 65.1 Å². The summed E-state index contributed by atoms with van der Waals surface area (Å²) in [5.41, 5.74) is 9.75. The van der Waals surface area contributed by atoms with Crippen LogP contribution in [-0.4, -0.2) is 16.9 Å². The Kier molecular flexibility index (Phi) is 3.64. The number of nitrogens with one attached hydrogen (secondary N) is 1. The van der Waals surface area contributed by atoms with Gasteiger partial charge in [-0.1, -0.05) is 6.92 Å². The zero-order valence-corrected chi connectivity index (χ0v) is 11.8. The van der Waals surface area contributed by atoms with Crippen LogP contribution in [0.3, 0.4) is 0 Å². The van der Waals surface area contributed by atoms with E-state index in [1.807, 2.05) is 39.1 Å². The van der Waals surface area contributed by atoms with Crippen molar-refractivity contribution in [3.05, 3.63) is 29.5 Å². The number of hydrogen-bond acceptors (Lipinski definition) is 4. The number of benzene rings is 1. The number of hydrogen-bond donors (Lipinski definition) is 2. The molecule has 2 rings (SSSR count). The SMILES string of the molecule is CCc1nn(C)c(Nc2ccc(OC)c(C)c2)c1N. The summed E-state index contributed by atoms with van der Waals surface area (Å²) in [5, 5.41) is 7.69. The minimum absolute atomic E-state index is 0.707. The number of methoxy groups -OCH3 is 1. The van der Waals surface area contributed by atoms with Crippen LogP contribution >= 0.6 is 0 Å². The molecule has 0 saturated heterocycles. The van der Waals surface area contributed by atoms with Gasteiger partial charge in [0.25, 0.3) is 0 Å². The smallest absolute Gasteiger partial charge is 0.152 e. The van der Waals surface area contributed by atoms with Gasteiger partial charge >= 0.3 is 0 Å². The molecule has 0 bridgehead atoms. The molecule has 0 aliphatic carbocycles. The molecule has 0 amide bonds. The Morgan fingerprint density at radius 3 is 2.68 bits per heavy atom. The highest BCUT2D eigenvalue weighted by Gasteiger charge is 2.12. The lowest BCUT2D eigenvalue weighted by atomic mass is 10.2. The fraction of sp³-hybridized carbons (Fsp3) is 0.357. The van der Waals surface area contributed by atoms with E-state index in [9.17, 15) is 0 Å². The van der Waals surface area contributed by atoms with Gasteiger partial charge in [0.2, 0.25) is 0 Å². The minimum atomic E-state index is 0.707. The van der Waals surface area contributed by atoms with E-state index in [0.717, 1.165) is 34.9 Å². The largest absolute Gasteiger partial charge is 0.496 e. The Hall–Kier alpha value is -2.17. The summed E-state index contributed by atoms with van der Waals surface area (Å²) in [6.45, 7) is 4.05. The van der Waals surface area contributed by atoms with Crippen LogP contribution in [0.4, 0.5) is 17.2 Å². The second kappa shape index (κ2) is 5.22. The van der Waals surface area contributed by atoms with Crippen LogP contribution in [0.2, 0.25) is 0 Å². The fourth-order valence-electron chi connectivity index (χ4n) is 2.10. The monoisotopic (exact) mass is 260 g/mol. The van der Waals surface area contributed by atoms with Crippen LogP contribution in [-0.2, 0) is 13.5 Å². The van der Waals surface area contributed by atoms with Crippen molar-refractivity contribution in [1.29, 1.82) is 0 Å². The molecule has 0 spiro atoms. The number of rotatable bonds is 4. The second-order valence-electron chi connectivity index (χ2n) is 4.50. The van der Waals surface area contributed by atoms with Gasteiger partial charge in [-0.05, 0) is 37.1 Å². The van der Waals surface area contributed by atoms with Crippen LogP contribution in [0.15, 0.2) is 18.2 Å². The predicted molar refractivity (Wildman–Crippen MR) is 78.0 cm³/mol. The van der Waals surface area contributed by atoms with Crippen LogP contribution < -0.4 is 15.8 Å². The maximum atomic E-state index is 6.09. The molecule has 2 aromatic rings. The van der Waals surface area contributed by atoms with E-state index in [2.05, 4.69) is 10.4 Å². The van der Waals surface area contributed by atoms with Crippen molar-refractivity contribution in [1.82, 2.24) is 9.78 Å². The maximum Gasteiger partial charge on any atom is 0.152 e. The first-order chi connectivity index (χ1) is 9.06. The number of nitrogens with two attached hydrogens (primary N) is 1. The highest BCUT2D eigenvalue weighted by Crippen LogP contribution is 2.28. The molecule has 0 fully saturated rings. The highest BCUT2D eigenvalue weighted by molar-refractivity contribution is 5.71. The van der Waals surface area contributed by atoms with E-state index >= 15 is 0 Å². The molecule has 1 aromatic heterocycles. The molecule has 102 valence electrons. The van der Waals surface area contributed by atoms with Gasteiger partial charge in [-0.2, -0.15) is 5.10 Å². The van der Waals surface area contributed by atoms with Crippen molar-refractivity contribution in [2.45, 2.75) is 20.3 Å². The maximum absolute atomic E-state index is 6.09. The third-order valence-electron chi connectivity index (χ3n) is 3.15. The average Bonchev–Trinajstić information content (AvgIpc) is 2.66. The van der Waals surface area contributed by atoms with Gasteiger partial charge in [-0.15, -0.1) is 0 Å². The second-order valence-corrected chi connectivity index (χ2v) is 4.50. The first-order valence-corrected chi connectivity index (χ1v) is 6.29. The molecule has 0 aliphatic rings. The molecule has 19 heavy (non-hydrogen) atoms. The quantitative estimate of drug-likeness (QED) is 0.887. The van der Waals surface area contributed by atoms with Crippen molar-refractivity contribution < 1.29 is 4.74 Å². The molecule has 1 aromatic carbocycles. The van der Waals surface area contributed by atoms with E-state index in [0.29, 0.717) is 5.69 Å². The Labute approximate surface area is 113 Å². The Bertz CT molecular complexity index is 589. The number of ether oxygens (including phenoxy) is 1. The van der Waals surface area contributed by atoms with Crippen molar-refractivity contribution in [3.63, 3.8) is 0 Å². The molecule has 0 atom stereocenters. The normalized spacial score (nSPS) is 10.5. The highest BCUT2D eigenvalue weighted by atomic mass is 16.5. The van der Waals surface area contributed by atoms with Crippen molar-refractivity contribution >= 4 is 17.2 Å². The van der Waals surface area contributed by atoms with Crippen LogP contribution in [0.25, 0.3) is 0 Å². The lowest BCUT2D eigenvalue weighted by Crippen LogP contribution is -2.01. The molecule has 0 unspecified atom stereocenters. The summed E-state index contributed by atoms with van der Waals surface area (Å²) in [6, 6.07) is 5.92. The molecular weight excluding hydrogens is 240 g/mol. The Morgan fingerprint density at radius 2 is 2.16 bits per heavy atom. The van der Waals surface area contributed by atoms with Crippen molar-refractivity contribution in [3.8, 4) is 5.75 Å². The lowest BCUT2D eigenvalue weighted by Gasteiger charge is -2.10. The summed E-state index contributed by atoms with van der Waals surface area (Å²) < 4.78 is 7.02. The van der Waals surface area contributed by atoms with E-state index in [-0.39, 0.29) is 0 Å². The number of aromatic nitrogens is 2. The summed E-state index contributed by atoms with van der Waals surface area (Å²) >= 11 is 0. The molecular formula is C14H20N4O. The summed E-state index contributed by atoms with van der Waals surface area (Å²) in [4.78, 5) is 0. The summed E-state index contributed by atoms with van der Waals surface area (Å²) in [7, 11) is 3.55. The van der Waals surface area contributed by atoms with E-state index in [1.165, 1.54) is 0 Å². The fourth-order valence-corrected chi connectivity index (χ4v) is 2.10. The molecule has 0 radical (unpaired) electrons. The first-order valence-electron chi connectivity index (χ1n) is 6.29. The minimum Gasteiger partial charge on any atom is -0.496 e. The predicted octanol–water partition coefficient (Wildman–Crippen LogP) is 2.63. The van der Waals surface area contributed by atoms with Crippen molar-refractivity contribution in [2.75, 3.05) is 18.2 Å². The van der Waals surface area contributed by atoms with Crippen molar-refractivity contribution in [2.24, 2.45) is 7.05 Å². The summed E-state index contributed by atoms with van der Waals surface area (Å²) in [6.07, 6.45) is 0.822. The lowest BCUT2D eigenvalue weighted by molar-refractivity contribution is 0.412. The number of nitrogens with zero attached hydrogens (tertiary/aromatic N) is 2. The number of nitrogen functional groups attached to an aromatic ring is 1. The van der Waals surface area contributed by atoms with Gasteiger partial charge in [-0.3, -0.25) is 4.68 Å². The molecule has 0 aliphatic heterocycles. The van der Waals surface area contributed by atoms with Gasteiger partial charge in [0.1, 0.15) is 5.75 Å². The molecule has 0 saturated carbocycles. The van der Waals surface area contributed by atoms with Gasteiger partial charge in [0.05, 0.1) is 18.5 Å². The van der Waals surface area contributed by atoms with E-state index in [4.69, 9.17) is 10.5 Å². The van der Waals surface area contributed by atoms with E-state index in [1.54, 1.807) is 11.8 Å². The number of aryl methyl sites for hydroxylation is 3. The zero-order valence-electron chi connectivity index (χ0n) is 11.8. The van der Waals surface area contributed by atoms with Gasteiger partial charge in [0.15, 0.2) is 5.82 Å². The number of anilines is 3. The van der Waals surface area contributed by atoms with E-state index < -0.39 is 0 Å². The molecule has 5 nitrogen and oxygen atoms in total. The van der Waals surface area contributed by atoms with Crippen LogP contribution in [0.5, 0.6) is 5.75 Å². The van der Waals surface area contributed by atoms with Gasteiger partial charge in [-0.25, -0.2) is 0 Å². The Balaban J connectivity index is 2.31. The standard InChI is InChI=1S/C14H20N4O/c1-5-11-13(15)14(18(3)17-11)16-10-6-7-12(19-4)9(2)8-10/h6-8,16H,5,15H2,1-4H3. The van der Waals surface area contributed by atoms with Gasteiger partial charge in [0, 0.05) is 12.7 Å². The molecule has 5 heteroatoms. The Morgan fingerprint density at radius 1 is 1.42 bits per heavy atom. The zero-order chi connectivity index (χ0) is 14.0. The third kappa shape index (κ3) is 2.50. The first kappa shape index (κ1) is 13.3. The van der Waals surface area contributed by atoms with Crippen LogP contribution in [0, 0.1) is 6.92 Å². The summed E-state index contributed by atoms with van der Waals surface area (Å²) in [5.74, 6) is 1.69. The van der Waals surface area contributed by atoms with Crippen LogP contribution in [0.1, 0.15) is 18.2 Å². The molecule has 3 N–H and O–H groups in total. The third-order valence-corrected chi connectivity index (χ3v) is 3.15.